The van der Waals surface area contributed by atoms with Gasteiger partial charge in [0, 0.05) is 18.0 Å². The Bertz CT molecular complexity index is 577. The topological polar surface area (TPSA) is 86.0 Å². The van der Waals surface area contributed by atoms with Crippen molar-refractivity contribution in [2.45, 2.75) is 12.1 Å². The van der Waals surface area contributed by atoms with Crippen molar-refractivity contribution in [2.75, 3.05) is 5.75 Å². The molecule has 0 amide bonds. The molecule has 0 aromatic carbocycles. The van der Waals surface area contributed by atoms with Crippen LogP contribution in [0.5, 0.6) is 0 Å². The summed E-state index contributed by atoms with van der Waals surface area (Å²) in [5.74, 6) is 0.111. The summed E-state index contributed by atoms with van der Waals surface area (Å²) < 4.78 is 28.0. The number of nitrogens with zero attached hydrogens (tertiary/aromatic N) is 3. The van der Waals surface area contributed by atoms with Gasteiger partial charge in [-0.25, -0.2) is 8.42 Å². The predicted molar refractivity (Wildman–Crippen MR) is 55.3 cm³/mol. The van der Waals surface area contributed by atoms with E-state index in [-0.39, 0.29) is 16.9 Å². The quantitative estimate of drug-likeness (QED) is 0.791. The van der Waals surface area contributed by atoms with Crippen molar-refractivity contribution in [3.8, 4) is 11.5 Å². The second kappa shape index (κ2) is 4.01. The Kier molecular flexibility index (Phi) is 2.69. The summed E-state index contributed by atoms with van der Waals surface area (Å²) >= 11 is 0. The molecule has 84 valence electrons. The summed E-state index contributed by atoms with van der Waals surface area (Å²) in [6.45, 7) is 1.52. The minimum absolute atomic E-state index is 0.0645. The number of hydrogen-bond donors (Lipinski definition) is 0. The molecule has 0 atom stereocenters. The van der Waals surface area contributed by atoms with Crippen LogP contribution in [-0.2, 0) is 9.84 Å². The molecule has 2 aromatic rings. The Labute approximate surface area is 92.3 Å². The van der Waals surface area contributed by atoms with E-state index in [0.29, 0.717) is 5.56 Å². The summed E-state index contributed by atoms with van der Waals surface area (Å²) in [5.41, 5.74) is 0.639. The highest BCUT2D eigenvalue weighted by atomic mass is 32.2. The highest BCUT2D eigenvalue weighted by molar-refractivity contribution is 7.91. The molecular formula is C9H9N3O3S. The number of sulfone groups is 1. The van der Waals surface area contributed by atoms with Gasteiger partial charge >= 0.3 is 5.22 Å². The monoisotopic (exact) mass is 239 g/mol. The molecule has 6 nitrogen and oxygen atoms in total. The van der Waals surface area contributed by atoms with Crippen molar-refractivity contribution in [1.82, 2.24) is 15.2 Å². The normalized spacial score (nSPS) is 11.6. The first-order chi connectivity index (χ1) is 7.63. The average Bonchev–Trinajstić information content (AvgIpc) is 2.80. The van der Waals surface area contributed by atoms with Gasteiger partial charge in [-0.15, -0.1) is 5.10 Å². The molecule has 0 radical (unpaired) electrons. The first kappa shape index (κ1) is 10.7. The van der Waals surface area contributed by atoms with Crippen LogP contribution in [-0.4, -0.2) is 29.4 Å². The lowest BCUT2D eigenvalue weighted by molar-refractivity contribution is 0.440. The van der Waals surface area contributed by atoms with Crippen molar-refractivity contribution in [3.63, 3.8) is 0 Å². The smallest absolute Gasteiger partial charge is 0.335 e. The Balaban J connectivity index is 2.42. The fraction of sp³-hybridized carbons (Fsp3) is 0.222. The molecule has 0 spiro atoms. The number of rotatable bonds is 3. The Morgan fingerprint density at radius 1 is 1.25 bits per heavy atom. The summed E-state index contributed by atoms with van der Waals surface area (Å²) in [7, 11) is -3.44. The highest BCUT2D eigenvalue weighted by Crippen LogP contribution is 2.18. The second-order valence-corrected chi connectivity index (χ2v) is 5.17. The molecule has 0 N–H and O–H groups in total. The van der Waals surface area contributed by atoms with Gasteiger partial charge in [0.2, 0.25) is 15.7 Å². The second-order valence-electron chi connectivity index (χ2n) is 3.01. The minimum Gasteiger partial charge on any atom is -0.408 e. The van der Waals surface area contributed by atoms with Crippen LogP contribution < -0.4 is 0 Å². The number of pyridine rings is 1. The fourth-order valence-corrected chi connectivity index (χ4v) is 1.69. The average molecular weight is 239 g/mol. The Morgan fingerprint density at radius 2 is 1.94 bits per heavy atom. The maximum Gasteiger partial charge on any atom is 0.335 e. The highest BCUT2D eigenvalue weighted by Gasteiger charge is 2.20. The SMILES string of the molecule is CCS(=O)(=O)c1nnc(-c2ccncc2)o1. The summed E-state index contributed by atoms with van der Waals surface area (Å²) in [4.78, 5) is 3.83. The molecule has 0 aliphatic carbocycles. The molecular weight excluding hydrogens is 230 g/mol. The van der Waals surface area contributed by atoms with Gasteiger partial charge in [0.05, 0.1) is 5.75 Å². The maximum absolute atomic E-state index is 11.4. The molecule has 0 aliphatic heterocycles. The largest absolute Gasteiger partial charge is 0.408 e. The molecule has 0 bridgehead atoms. The summed E-state index contributed by atoms with van der Waals surface area (Å²) in [6, 6.07) is 3.33. The third-order valence-electron chi connectivity index (χ3n) is 1.98. The van der Waals surface area contributed by atoms with Gasteiger partial charge in [0.25, 0.3) is 0 Å². The van der Waals surface area contributed by atoms with Gasteiger partial charge in [-0.2, -0.15) is 0 Å². The molecule has 0 saturated carbocycles. The van der Waals surface area contributed by atoms with Crippen LogP contribution >= 0.6 is 0 Å². The van der Waals surface area contributed by atoms with Crippen LogP contribution in [0, 0.1) is 0 Å². The minimum atomic E-state index is -3.44. The zero-order valence-corrected chi connectivity index (χ0v) is 9.31. The lowest BCUT2D eigenvalue weighted by Crippen LogP contribution is -2.03. The van der Waals surface area contributed by atoms with E-state index in [1.807, 2.05) is 0 Å². The van der Waals surface area contributed by atoms with E-state index >= 15 is 0 Å². The van der Waals surface area contributed by atoms with Crippen LogP contribution in [0.1, 0.15) is 6.92 Å². The van der Waals surface area contributed by atoms with Crippen LogP contribution in [0.3, 0.4) is 0 Å². The first-order valence-electron chi connectivity index (χ1n) is 4.60. The molecule has 0 saturated heterocycles. The predicted octanol–water partition coefficient (Wildman–Crippen LogP) is 0.925. The molecule has 7 heteroatoms. The van der Waals surface area contributed by atoms with Crippen molar-refractivity contribution >= 4 is 9.84 Å². The lowest BCUT2D eigenvalue weighted by Gasteiger charge is -1.93. The van der Waals surface area contributed by atoms with E-state index in [4.69, 9.17) is 4.42 Å². The molecule has 0 aliphatic rings. The van der Waals surface area contributed by atoms with E-state index in [2.05, 4.69) is 15.2 Å². The van der Waals surface area contributed by atoms with Crippen LogP contribution in [0.4, 0.5) is 0 Å². The summed E-state index contributed by atoms with van der Waals surface area (Å²) in [6.07, 6.45) is 3.13. The van der Waals surface area contributed by atoms with Crippen molar-refractivity contribution in [2.24, 2.45) is 0 Å². The number of aromatic nitrogens is 3. The van der Waals surface area contributed by atoms with Gasteiger partial charge in [-0.05, 0) is 12.1 Å². The third-order valence-corrected chi connectivity index (χ3v) is 3.44. The van der Waals surface area contributed by atoms with E-state index < -0.39 is 9.84 Å². The van der Waals surface area contributed by atoms with Crippen LogP contribution in [0.15, 0.2) is 34.2 Å². The summed E-state index contributed by atoms with van der Waals surface area (Å²) in [5, 5.41) is 6.84. The Morgan fingerprint density at radius 3 is 2.56 bits per heavy atom. The van der Waals surface area contributed by atoms with Gasteiger partial charge in [-0.3, -0.25) is 4.98 Å². The Hall–Kier alpha value is -1.76. The van der Waals surface area contributed by atoms with Crippen molar-refractivity contribution in [3.05, 3.63) is 24.5 Å². The van der Waals surface area contributed by atoms with Crippen LogP contribution in [0.2, 0.25) is 0 Å². The standard InChI is InChI=1S/C9H9N3O3S/c1-2-16(13,14)9-12-11-8(15-9)7-3-5-10-6-4-7/h3-6H,2H2,1H3. The number of hydrogen-bond acceptors (Lipinski definition) is 6. The molecule has 2 heterocycles. The van der Waals surface area contributed by atoms with Crippen LogP contribution in [0.25, 0.3) is 11.5 Å². The van der Waals surface area contributed by atoms with E-state index in [1.165, 1.54) is 6.92 Å². The van der Waals surface area contributed by atoms with Crippen molar-refractivity contribution in [1.29, 1.82) is 0 Å². The zero-order valence-electron chi connectivity index (χ0n) is 8.49. The van der Waals surface area contributed by atoms with Gasteiger partial charge in [-0.1, -0.05) is 12.0 Å². The molecule has 16 heavy (non-hydrogen) atoms. The van der Waals surface area contributed by atoms with E-state index in [9.17, 15) is 8.42 Å². The van der Waals surface area contributed by atoms with Gasteiger partial charge < -0.3 is 4.42 Å². The van der Waals surface area contributed by atoms with E-state index in [1.54, 1.807) is 24.5 Å². The molecule has 2 aromatic heterocycles. The fourth-order valence-electron chi connectivity index (χ4n) is 1.07. The molecule has 0 fully saturated rings. The maximum atomic E-state index is 11.4. The van der Waals surface area contributed by atoms with Gasteiger partial charge in [0.15, 0.2) is 0 Å². The molecule has 0 unspecified atom stereocenters. The van der Waals surface area contributed by atoms with Gasteiger partial charge in [0.1, 0.15) is 0 Å². The molecule has 2 rings (SSSR count). The lowest BCUT2D eigenvalue weighted by atomic mass is 10.3. The first-order valence-corrected chi connectivity index (χ1v) is 6.25. The van der Waals surface area contributed by atoms with E-state index in [0.717, 1.165) is 0 Å². The zero-order chi connectivity index (χ0) is 11.6. The van der Waals surface area contributed by atoms with Crippen molar-refractivity contribution < 1.29 is 12.8 Å². The third kappa shape index (κ3) is 1.94.